The SMILES string of the molecule is C=C(C)CN(CC)C(=O)C(C)CNC. The van der Waals surface area contributed by atoms with Gasteiger partial charge in [-0.3, -0.25) is 4.79 Å². The van der Waals surface area contributed by atoms with Crippen molar-refractivity contribution in [2.75, 3.05) is 26.7 Å². The molecule has 14 heavy (non-hydrogen) atoms. The van der Waals surface area contributed by atoms with Gasteiger partial charge in [0.15, 0.2) is 0 Å². The molecular formula is C11H22N2O. The highest BCUT2D eigenvalue weighted by Crippen LogP contribution is 2.04. The third-order valence-electron chi connectivity index (χ3n) is 2.09. The number of rotatable bonds is 6. The van der Waals surface area contributed by atoms with Crippen molar-refractivity contribution in [2.24, 2.45) is 5.92 Å². The molecule has 0 spiro atoms. The maximum atomic E-state index is 11.8. The highest BCUT2D eigenvalue weighted by molar-refractivity contribution is 5.78. The Bertz CT molecular complexity index is 201. The van der Waals surface area contributed by atoms with Gasteiger partial charge in [-0.25, -0.2) is 0 Å². The molecule has 0 rings (SSSR count). The quantitative estimate of drug-likeness (QED) is 0.652. The molecule has 0 heterocycles. The van der Waals surface area contributed by atoms with Gasteiger partial charge in [-0.15, -0.1) is 0 Å². The summed E-state index contributed by atoms with van der Waals surface area (Å²) in [5, 5.41) is 3.01. The van der Waals surface area contributed by atoms with Crippen molar-refractivity contribution in [3.63, 3.8) is 0 Å². The van der Waals surface area contributed by atoms with E-state index >= 15 is 0 Å². The summed E-state index contributed by atoms with van der Waals surface area (Å²) >= 11 is 0. The van der Waals surface area contributed by atoms with E-state index in [4.69, 9.17) is 0 Å². The van der Waals surface area contributed by atoms with E-state index in [-0.39, 0.29) is 11.8 Å². The van der Waals surface area contributed by atoms with E-state index in [1.165, 1.54) is 0 Å². The van der Waals surface area contributed by atoms with Gasteiger partial charge in [0.1, 0.15) is 0 Å². The fourth-order valence-corrected chi connectivity index (χ4v) is 1.38. The topological polar surface area (TPSA) is 32.3 Å². The second kappa shape index (κ2) is 6.60. The molecule has 82 valence electrons. The second-order valence-corrected chi connectivity index (χ2v) is 3.77. The van der Waals surface area contributed by atoms with Gasteiger partial charge in [-0.1, -0.05) is 19.1 Å². The Morgan fingerprint density at radius 2 is 2.14 bits per heavy atom. The minimum absolute atomic E-state index is 0.0410. The van der Waals surface area contributed by atoms with Crippen LogP contribution in [0.5, 0.6) is 0 Å². The van der Waals surface area contributed by atoms with Crippen molar-refractivity contribution in [3.8, 4) is 0 Å². The molecule has 3 heteroatoms. The van der Waals surface area contributed by atoms with Crippen LogP contribution in [0.15, 0.2) is 12.2 Å². The Hall–Kier alpha value is -0.830. The predicted octanol–water partition coefficient (Wildman–Crippen LogP) is 1.27. The molecule has 3 nitrogen and oxygen atoms in total. The van der Waals surface area contributed by atoms with Crippen LogP contribution in [-0.4, -0.2) is 37.5 Å². The molecule has 0 aromatic carbocycles. The zero-order valence-electron chi connectivity index (χ0n) is 9.76. The average Bonchev–Trinajstić information content (AvgIpc) is 2.13. The van der Waals surface area contributed by atoms with Gasteiger partial charge in [0.05, 0.1) is 0 Å². The molecule has 0 bridgehead atoms. The lowest BCUT2D eigenvalue weighted by atomic mass is 10.1. The van der Waals surface area contributed by atoms with Crippen molar-refractivity contribution in [1.29, 1.82) is 0 Å². The van der Waals surface area contributed by atoms with Gasteiger partial charge in [-0.05, 0) is 20.9 Å². The highest BCUT2D eigenvalue weighted by Gasteiger charge is 2.18. The van der Waals surface area contributed by atoms with Crippen LogP contribution in [-0.2, 0) is 4.79 Å². The van der Waals surface area contributed by atoms with Crippen LogP contribution in [0.1, 0.15) is 20.8 Å². The normalized spacial score (nSPS) is 12.3. The molecule has 1 unspecified atom stereocenters. The van der Waals surface area contributed by atoms with E-state index in [0.29, 0.717) is 6.54 Å². The number of amides is 1. The Labute approximate surface area is 87.2 Å². The summed E-state index contributed by atoms with van der Waals surface area (Å²) in [4.78, 5) is 13.7. The lowest BCUT2D eigenvalue weighted by molar-refractivity contribution is -0.134. The molecule has 0 radical (unpaired) electrons. The third-order valence-corrected chi connectivity index (χ3v) is 2.09. The molecule has 0 aliphatic heterocycles. The molecular weight excluding hydrogens is 176 g/mol. The first-order valence-electron chi connectivity index (χ1n) is 5.10. The zero-order valence-corrected chi connectivity index (χ0v) is 9.76. The van der Waals surface area contributed by atoms with Crippen LogP contribution in [0.3, 0.4) is 0 Å². The van der Waals surface area contributed by atoms with Gasteiger partial charge in [0.25, 0.3) is 0 Å². The first kappa shape index (κ1) is 13.2. The van der Waals surface area contributed by atoms with Gasteiger partial charge < -0.3 is 10.2 Å². The van der Waals surface area contributed by atoms with Crippen molar-refractivity contribution in [3.05, 3.63) is 12.2 Å². The average molecular weight is 198 g/mol. The number of nitrogens with one attached hydrogen (secondary N) is 1. The van der Waals surface area contributed by atoms with E-state index in [9.17, 15) is 4.79 Å². The third kappa shape index (κ3) is 4.42. The molecule has 0 aliphatic carbocycles. The second-order valence-electron chi connectivity index (χ2n) is 3.77. The van der Waals surface area contributed by atoms with E-state index in [1.807, 2.05) is 32.7 Å². The lowest BCUT2D eigenvalue weighted by Gasteiger charge is -2.24. The Kier molecular flexibility index (Phi) is 6.21. The smallest absolute Gasteiger partial charge is 0.226 e. The minimum atomic E-state index is 0.0410. The van der Waals surface area contributed by atoms with Gasteiger partial charge in [0.2, 0.25) is 5.91 Å². The zero-order chi connectivity index (χ0) is 11.1. The summed E-state index contributed by atoms with van der Waals surface area (Å²) in [6, 6.07) is 0. The number of likely N-dealkylation sites (N-methyl/N-ethyl adjacent to an activating group) is 1. The highest BCUT2D eigenvalue weighted by atomic mass is 16.2. The number of hydrogen-bond donors (Lipinski definition) is 1. The molecule has 0 saturated carbocycles. The molecule has 1 atom stereocenters. The summed E-state index contributed by atoms with van der Waals surface area (Å²) in [6.45, 7) is 11.8. The van der Waals surface area contributed by atoms with E-state index in [2.05, 4.69) is 11.9 Å². The molecule has 0 aromatic heterocycles. The molecule has 0 saturated heterocycles. The van der Waals surface area contributed by atoms with Crippen LogP contribution in [0.2, 0.25) is 0 Å². The summed E-state index contributed by atoms with van der Waals surface area (Å²) < 4.78 is 0. The van der Waals surface area contributed by atoms with Gasteiger partial charge in [-0.2, -0.15) is 0 Å². The standard InChI is InChI=1S/C11H22N2O/c1-6-13(8-9(2)3)11(14)10(4)7-12-5/h10,12H,2,6-8H2,1,3-5H3. The summed E-state index contributed by atoms with van der Waals surface area (Å²) in [5.41, 5.74) is 1.02. The fourth-order valence-electron chi connectivity index (χ4n) is 1.38. The molecule has 0 aromatic rings. The monoisotopic (exact) mass is 198 g/mol. The maximum Gasteiger partial charge on any atom is 0.226 e. The number of hydrogen-bond acceptors (Lipinski definition) is 2. The van der Waals surface area contributed by atoms with Crippen molar-refractivity contribution < 1.29 is 4.79 Å². The first-order valence-corrected chi connectivity index (χ1v) is 5.10. The van der Waals surface area contributed by atoms with Gasteiger partial charge >= 0.3 is 0 Å². The van der Waals surface area contributed by atoms with Crippen molar-refractivity contribution in [2.45, 2.75) is 20.8 Å². The van der Waals surface area contributed by atoms with Crippen molar-refractivity contribution >= 4 is 5.91 Å². The van der Waals surface area contributed by atoms with Gasteiger partial charge in [0, 0.05) is 25.6 Å². The first-order chi connectivity index (χ1) is 6.52. The molecule has 0 aliphatic rings. The largest absolute Gasteiger partial charge is 0.339 e. The number of carbonyl (C=O) groups is 1. The van der Waals surface area contributed by atoms with Crippen LogP contribution < -0.4 is 5.32 Å². The summed E-state index contributed by atoms with van der Waals surface area (Å²) in [7, 11) is 1.86. The minimum Gasteiger partial charge on any atom is -0.339 e. The predicted molar refractivity (Wildman–Crippen MR) is 60.2 cm³/mol. The van der Waals surface area contributed by atoms with Crippen LogP contribution in [0.4, 0.5) is 0 Å². The van der Waals surface area contributed by atoms with E-state index in [0.717, 1.165) is 18.7 Å². The van der Waals surface area contributed by atoms with Crippen LogP contribution in [0.25, 0.3) is 0 Å². The molecule has 1 N–H and O–H groups in total. The Balaban J connectivity index is 4.22. The molecule has 1 amide bonds. The maximum absolute atomic E-state index is 11.8. The lowest BCUT2D eigenvalue weighted by Crippen LogP contribution is -2.39. The van der Waals surface area contributed by atoms with Crippen LogP contribution in [0, 0.1) is 5.92 Å². The Morgan fingerprint density at radius 3 is 2.50 bits per heavy atom. The van der Waals surface area contributed by atoms with Crippen molar-refractivity contribution in [1.82, 2.24) is 10.2 Å². The summed E-state index contributed by atoms with van der Waals surface area (Å²) in [6.07, 6.45) is 0. The van der Waals surface area contributed by atoms with Crippen LogP contribution >= 0.6 is 0 Å². The number of nitrogens with zero attached hydrogens (tertiary/aromatic N) is 1. The summed E-state index contributed by atoms with van der Waals surface area (Å²) in [5.74, 6) is 0.240. The van der Waals surface area contributed by atoms with E-state index < -0.39 is 0 Å². The number of carbonyl (C=O) groups excluding carboxylic acids is 1. The van der Waals surface area contributed by atoms with E-state index in [1.54, 1.807) is 0 Å². The molecule has 0 fully saturated rings. The Morgan fingerprint density at radius 1 is 1.57 bits per heavy atom. The fraction of sp³-hybridized carbons (Fsp3) is 0.727.